The molecule has 0 bridgehead atoms. The maximum Gasteiger partial charge on any atom is 0.412 e. The molecule has 1 aliphatic heterocycles. The van der Waals surface area contributed by atoms with Gasteiger partial charge in [0.1, 0.15) is 11.3 Å². The Morgan fingerprint density at radius 3 is 2.60 bits per heavy atom. The zero-order valence-electron chi connectivity index (χ0n) is 12.7. The molecule has 1 heterocycles. The second-order valence-electron chi connectivity index (χ2n) is 6.35. The van der Waals surface area contributed by atoms with E-state index in [1.54, 1.807) is 34.6 Å². The van der Waals surface area contributed by atoms with Gasteiger partial charge in [0, 0.05) is 0 Å². The number of nitrogens with zero attached hydrogens (tertiary/aromatic N) is 1. The standard InChI is InChI=1S/C14H24ClNO4/c1-7-9(15)11(17)10-8-19-14(5,6)16(10)12(18)20-13(2,3)4/h7,9-11,17H,1,8H2,2-6H3/t9-,10-,11+/m0/s1. The molecule has 1 amide bonds. The largest absolute Gasteiger partial charge is 0.444 e. The van der Waals surface area contributed by atoms with Crippen molar-refractivity contribution in [2.45, 2.75) is 63.5 Å². The quantitative estimate of drug-likeness (QED) is 0.643. The van der Waals surface area contributed by atoms with E-state index in [2.05, 4.69) is 6.58 Å². The summed E-state index contributed by atoms with van der Waals surface area (Å²) in [5, 5.41) is 9.57. The molecular formula is C14H24ClNO4. The summed E-state index contributed by atoms with van der Waals surface area (Å²) in [6.07, 6.45) is -0.0643. The minimum Gasteiger partial charge on any atom is -0.444 e. The number of aliphatic hydroxyl groups is 1. The molecule has 0 radical (unpaired) electrons. The van der Waals surface area contributed by atoms with Crippen LogP contribution in [0.15, 0.2) is 12.7 Å². The Morgan fingerprint density at radius 2 is 2.15 bits per heavy atom. The summed E-state index contributed by atoms with van der Waals surface area (Å²) in [7, 11) is 0. The fraction of sp³-hybridized carbons (Fsp3) is 0.786. The van der Waals surface area contributed by atoms with E-state index in [4.69, 9.17) is 21.1 Å². The molecule has 0 aromatic carbocycles. The van der Waals surface area contributed by atoms with Crippen LogP contribution in [0.4, 0.5) is 4.79 Å². The topological polar surface area (TPSA) is 59.0 Å². The van der Waals surface area contributed by atoms with E-state index in [-0.39, 0.29) is 6.61 Å². The first-order chi connectivity index (χ1) is 8.99. The lowest BCUT2D eigenvalue weighted by atomic mass is 10.1. The maximum atomic E-state index is 12.3. The highest BCUT2D eigenvalue weighted by atomic mass is 35.5. The van der Waals surface area contributed by atoms with Crippen LogP contribution < -0.4 is 0 Å². The van der Waals surface area contributed by atoms with E-state index < -0.39 is 34.9 Å². The molecule has 1 rings (SSSR count). The second kappa shape index (κ2) is 5.92. The summed E-state index contributed by atoms with van der Waals surface area (Å²) in [6, 6.07) is -0.569. The van der Waals surface area contributed by atoms with Gasteiger partial charge in [-0.15, -0.1) is 18.2 Å². The normalized spacial score (nSPS) is 25.1. The summed E-state index contributed by atoms with van der Waals surface area (Å²) in [4.78, 5) is 13.8. The Morgan fingerprint density at radius 1 is 1.60 bits per heavy atom. The molecule has 0 aromatic heterocycles. The fourth-order valence-corrected chi connectivity index (χ4v) is 2.27. The van der Waals surface area contributed by atoms with Crippen LogP contribution in [0.3, 0.4) is 0 Å². The van der Waals surface area contributed by atoms with Crippen LogP contribution in [-0.2, 0) is 9.47 Å². The molecule has 20 heavy (non-hydrogen) atoms. The SMILES string of the molecule is C=C[C@H](Cl)[C@@H](O)[C@@H]1COC(C)(C)N1C(=O)OC(C)(C)C. The van der Waals surface area contributed by atoms with Crippen molar-refractivity contribution in [3.63, 3.8) is 0 Å². The van der Waals surface area contributed by atoms with Crippen molar-refractivity contribution in [2.75, 3.05) is 6.61 Å². The highest BCUT2D eigenvalue weighted by Crippen LogP contribution is 2.32. The van der Waals surface area contributed by atoms with Gasteiger partial charge in [-0.1, -0.05) is 6.08 Å². The molecule has 116 valence electrons. The van der Waals surface area contributed by atoms with Gasteiger partial charge in [0.15, 0.2) is 0 Å². The summed E-state index contributed by atoms with van der Waals surface area (Å²) in [5.74, 6) is 0. The van der Waals surface area contributed by atoms with Gasteiger partial charge in [-0.25, -0.2) is 4.79 Å². The molecule has 0 unspecified atom stereocenters. The highest BCUT2D eigenvalue weighted by molar-refractivity contribution is 6.22. The van der Waals surface area contributed by atoms with Gasteiger partial charge < -0.3 is 14.6 Å². The summed E-state index contributed by atoms with van der Waals surface area (Å²) in [6.45, 7) is 12.6. The monoisotopic (exact) mass is 305 g/mol. The van der Waals surface area contributed by atoms with Crippen LogP contribution in [-0.4, -0.2) is 51.6 Å². The number of aliphatic hydroxyl groups excluding tert-OH is 1. The summed E-state index contributed by atoms with van der Waals surface area (Å²) < 4.78 is 11.0. The average Bonchev–Trinajstić information content (AvgIpc) is 2.60. The lowest BCUT2D eigenvalue weighted by molar-refractivity contribution is -0.0674. The number of hydrogen-bond acceptors (Lipinski definition) is 4. The average molecular weight is 306 g/mol. The molecule has 1 N–H and O–H groups in total. The van der Waals surface area contributed by atoms with Crippen LogP contribution in [0, 0.1) is 0 Å². The van der Waals surface area contributed by atoms with Crippen molar-refractivity contribution in [1.29, 1.82) is 0 Å². The second-order valence-corrected chi connectivity index (χ2v) is 6.85. The minimum absolute atomic E-state index is 0.199. The minimum atomic E-state index is -0.969. The first kappa shape index (κ1) is 17.3. The third kappa shape index (κ3) is 3.87. The maximum absolute atomic E-state index is 12.3. The molecule has 1 fully saturated rings. The lowest BCUT2D eigenvalue weighted by Crippen LogP contribution is -2.54. The van der Waals surface area contributed by atoms with E-state index in [1.807, 2.05) is 0 Å². The Bertz CT molecular complexity index is 378. The highest BCUT2D eigenvalue weighted by Gasteiger charge is 2.49. The van der Waals surface area contributed by atoms with Gasteiger partial charge in [-0.05, 0) is 34.6 Å². The van der Waals surface area contributed by atoms with Crippen LogP contribution in [0.5, 0.6) is 0 Å². The van der Waals surface area contributed by atoms with Crippen molar-refractivity contribution >= 4 is 17.7 Å². The van der Waals surface area contributed by atoms with Gasteiger partial charge in [0.25, 0.3) is 0 Å². The van der Waals surface area contributed by atoms with Gasteiger partial charge >= 0.3 is 6.09 Å². The van der Waals surface area contributed by atoms with E-state index >= 15 is 0 Å². The first-order valence-electron chi connectivity index (χ1n) is 6.60. The van der Waals surface area contributed by atoms with Crippen molar-refractivity contribution in [3.8, 4) is 0 Å². The number of hydrogen-bond donors (Lipinski definition) is 1. The molecule has 6 heteroatoms. The number of amides is 1. The smallest absolute Gasteiger partial charge is 0.412 e. The zero-order valence-corrected chi connectivity index (χ0v) is 13.5. The third-order valence-electron chi connectivity index (χ3n) is 3.05. The molecule has 0 aliphatic carbocycles. The molecule has 0 spiro atoms. The Balaban J connectivity index is 2.96. The predicted octanol–water partition coefficient (Wildman–Crippen LogP) is 2.51. The molecule has 0 aromatic rings. The number of halogens is 1. The van der Waals surface area contributed by atoms with Gasteiger partial charge in [0.05, 0.1) is 24.1 Å². The Hall–Kier alpha value is -0.780. The lowest BCUT2D eigenvalue weighted by Gasteiger charge is -2.37. The van der Waals surface area contributed by atoms with Crippen LogP contribution in [0.25, 0.3) is 0 Å². The molecule has 1 saturated heterocycles. The van der Waals surface area contributed by atoms with Crippen LogP contribution in [0.1, 0.15) is 34.6 Å². The number of carbonyl (C=O) groups excluding carboxylic acids is 1. The molecule has 0 saturated carbocycles. The van der Waals surface area contributed by atoms with Gasteiger partial charge in [0.2, 0.25) is 0 Å². The number of carbonyl (C=O) groups is 1. The van der Waals surface area contributed by atoms with Crippen molar-refractivity contribution in [3.05, 3.63) is 12.7 Å². The number of ether oxygens (including phenoxy) is 2. The van der Waals surface area contributed by atoms with Crippen LogP contribution >= 0.6 is 11.6 Å². The van der Waals surface area contributed by atoms with Crippen molar-refractivity contribution in [1.82, 2.24) is 4.90 Å². The Kier molecular flexibility index (Phi) is 5.11. The molecule has 3 atom stereocenters. The van der Waals surface area contributed by atoms with E-state index in [0.717, 1.165) is 0 Å². The summed E-state index contributed by atoms with van der Waals surface area (Å²) in [5.41, 5.74) is -1.48. The van der Waals surface area contributed by atoms with Crippen molar-refractivity contribution < 1.29 is 19.4 Å². The fourth-order valence-electron chi connectivity index (χ4n) is 2.10. The number of rotatable bonds is 3. The number of alkyl halides is 1. The zero-order chi connectivity index (χ0) is 15.7. The summed E-state index contributed by atoms with van der Waals surface area (Å²) >= 11 is 5.99. The van der Waals surface area contributed by atoms with Crippen molar-refractivity contribution in [2.24, 2.45) is 0 Å². The molecule has 5 nitrogen and oxygen atoms in total. The van der Waals surface area contributed by atoms with E-state index in [0.29, 0.717) is 0 Å². The predicted molar refractivity (Wildman–Crippen MR) is 77.7 cm³/mol. The Labute approximate surface area is 125 Å². The van der Waals surface area contributed by atoms with E-state index in [1.165, 1.54) is 11.0 Å². The first-order valence-corrected chi connectivity index (χ1v) is 7.04. The van der Waals surface area contributed by atoms with E-state index in [9.17, 15) is 9.90 Å². The third-order valence-corrected chi connectivity index (χ3v) is 3.49. The van der Waals surface area contributed by atoms with Crippen LogP contribution in [0.2, 0.25) is 0 Å². The molecular weight excluding hydrogens is 282 g/mol. The molecule has 1 aliphatic rings. The van der Waals surface area contributed by atoms with Gasteiger partial charge in [-0.2, -0.15) is 0 Å². The van der Waals surface area contributed by atoms with Gasteiger partial charge in [-0.3, -0.25) is 4.90 Å².